The topological polar surface area (TPSA) is 69.3 Å². The van der Waals surface area contributed by atoms with Crippen molar-refractivity contribution in [3.63, 3.8) is 0 Å². The van der Waals surface area contributed by atoms with E-state index in [1.807, 2.05) is 4.90 Å². The molecular formula is C22H28N4O2S. The molecule has 0 unspecified atom stereocenters. The van der Waals surface area contributed by atoms with E-state index in [0.29, 0.717) is 24.9 Å². The van der Waals surface area contributed by atoms with Gasteiger partial charge in [-0.05, 0) is 36.6 Å². The van der Waals surface area contributed by atoms with Gasteiger partial charge in [0, 0.05) is 55.9 Å². The Morgan fingerprint density at radius 3 is 3.00 bits per heavy atom. The molecule has 1 aliphatic carbocycles. The van der Waals surface area contributed by atoms with E-state index in [9.17, 15) is 9.59 Å². The number of piperidine rings is 1. The average molecular weight is 413 g/mol. The van der Waals surface area contributed by atoms with Gasteiger partial charge in [-0.3, -0.25) is 14.5 Å². The van der Waals surface area contributed by atoms with Gasteiger partial charge >= 0.3 is 0 Å². The molecule has 7 heteroatoms. The van der Waals surface area contributed by atoms with E-state index >= 15 is 0 Å². The number of nitrogens with zero attached hydrogens (tertiary/aromatic N) is 3. The number of hydrogen-bond acceptors (Lipinski definition) is 5. The second-order valence-corrected chi connectivity index (χ2v) is 9.89. The number of aromatic nitrogens is 2. The minimum atomic E-state index is 0.000134. The fourth-order valence-corrected chi connectivity index (χ4v) is 5.50. The first-order chi connectivity index (χ1) is 14.1. The highest BCUT2D eigenvalue weighted by Crippen LogP contribution is 2.40. The summed E-state index contributed by atoms with van der Waals surface area (Å²) in [7, 11) is 0. The quantitative estimate of drug-likeness (QED) is 0.838. The van der Waals surface area contributed by atoms with Crippen LogP contribution in [0.25, 0.3) is 0 Å². The molecule has 2 fully saturated rings. The lowest BCUT2D eigenvalue weighted by Crippen LogP contribution is -2.41. The second kappa shape index (κ2) is 7.69. The Morgan fingerprint density at radius 2 is 2.24 bits per heavy atom. The van der Waals surface area contributed by atoms with Crippen LogP contribution in [0.15, 0.2) is 22.3 Å². The van der Waals surface area contributed by atoms with Crippen LogP contribution in [-0.4, -0.2) is 45.3 Å². The maximum absolute atomic E-state index is 12.9. The summed E-state index contributed by atoms with van der Waals surface area (Å²) >= 11 is 1.76. The Bertz CT molecular complexity index is 954. The molecule has 4 heterocycles. The van der Waals surface area contributed by atoms with Crippen molar-refractivity contribution in [1.29, 1.82) is 0 Å². The fourth-order valence-electron chi connectivity index (χ4n) is 4.75. The van der Waals surface area contributed by atoms with Gasteiger partial charge < -0.3 is 9.88 Å². The van der Waals surface area contributed by atoms with Crippen LogP contribution in [0.4, 0.5) is 0 Å². The number of thiophene rings is 1. The van der Waals surface area contributed by atoms with Gasteiger partial charge in [-0.15, -0.1) is 11.3 Å². The molecule has 29 heavy (non-hydrogen) atoms. The molecular weight excluding hydrogens is 384 g/mol. The summed E-state index contributed by atoms with van der Waals surface area (Å²) in [4.78, 5) is 39.1. The second-order valence-electron chi connectivity index (χ2n) is 8.86. The molecule has 3 aliphatic rings. The Kier molecular flexibility index (Phi) is 5.04. The first-order valence-corrected chi connectivity index (χ1v) is 11.6. The first-order valence-electron chi connectivity index (χ1n) is 10.7. The van der Waals surface area contributed by atoms with Crippen molar-refractivity contribution in [3.05, 3.63) is 49.8 Å². The third-order valence-corrected chi connectivity index (χ3v) is 7.53. The SMILES string of the molecule is C[C@@H]1C[C@H]1C(=O)N1CCC[C@H](c2nc3c(c(=O)[nH]2)CN(Cc2cccs2)CC3)C1. The van der Waals surface area contributed by atoms with Crippen LogP contribution >= 0.6 is 11.3 Å². The molecule has 1 N–H and O–H groups in total. The van der Waals surface area contributed by atoms with Crippen molar-refractivity contribution in [2.24, 2.45) is 11.8 Å². The number of aromatic amines is 1. The third kappa shape index (κ3) is 3.90. The van der Waals surface area contributed by atoms with Crippen molar-refractivity contribution in [2.75, 3.05) is 19.6 Å². The normalized spacial score (nSPS) is 26.9. The largest absolute Gasteiger partial charge is 0.342 e. The summed E-state index contributed by atoms with van der Waals surface area (Å²) in [6, 6.07) is 4.21. The van der Waals surface area contributed by atoms with Crippen molar-refractivity contribution >= 4 is 17.2 Å². The summed E-state index contributed by atoms with van der Waals surface area (Å²) in [5.74, 6) is 1.97. The molecule has 1 amide bonds. The molecule has 0 bridgehead atoms. The zero-order valence-corrected chi connectivity index (χ0v) is 17.7. The van der Waals surface area contributed by atoms with Crippen LogP contribution in [0.3, 0.4) is 0 Å². The number of carbonyl (C=O) groups excluding carboxylic acids is 1. The monoisotopic (exact) mass is 412 g/mol. The van der Waals surface area contributed by atoms with Gasteiger partial charge in [0.15, 0.2) is 0 Å². The molecule has 3 atom stereocenters. The van der Waals surface area contributed by atoms with Gasteiger partial charge in [0.25, 0.3) is 5.56 Å². The lowest BCUT2D eigenvalue weighted by atomic mass is 9.96. The number of rotatable bonds is 4. The maximum atomic E-state index is 12.9. The lowest BCUT2D eigenvalue weighted by molar-refractivity contribution is -0.134. The van der Waals surface area contributed by atoms with Crippen molar-refractivity contribution in [3.8, 4) is 0 Å². The highest BCUT2D eigenvalue weighted by Gasteiger charge is 2.42. The predicted molar refractivity (Wildman–Crippen MR) is 113 cm³/mol. The minimum Gasteiger partial charge on any atom is -0.342 e. The highest BCUT2D eigenvalue weighted by molar-refractivity contribution is 7.09. The summed E-state index contributed by atoms with van der Waals surface area (Å²) in [6.07, 6.45) is 3.80. The Labute approximate surface area is 175 Å². The zero-order chi connectivity index (χ0) is 20.0. The zero-order valence-electron chi connectivity index (χ0n) is 16.9. The average Bonchev–Trinajstić information content (AvgIpc) is 3.24. The van der Waals surface area contributed by atoms with E-state index < -0.39 is 0 Å². The Hall–Kier alpha value is -1.99. The molecule has 6 nitrogen and oxygen atoms in total. The number of carbonyl (C=O) groups is 1. The van der Waals surface area contributed by atoms with E-state index in [1.54, 1.807) is 11.3 Å². The van der Waals surface area contributed by atoms with Crippen LogP contribution in [0, 0.1) is 11.8 Å². The van der Waals surface area contributed by atoms with E-state index in [0.717, 1.165) is 62.4 Å². The Morgan fingerprint density at radius 1 is 1.38 bits per heavy atom. The standard InChI is InChI=1S/C22H28N4O2S/c1-14-10-17(14)22(28)26-7-2-4-15(11-26)20-23-19-6-8-25(12-16-5-3-9-29-16)13-18(19)21(27)24-20/h3,5,9,14-15,17H,2,4,6-8,10-13H2,1H3,(H,23,24,27)/t14-,15+,17-/m1/s1. The molecule has 154 valence electrons. The predicted octanol–water partition coefficient (Wildman–Crippen LogP) is 2.75. The number of likely N-dealkylation sites (tertiary alicyclic amines) is 1. The number of fused-ring (bicyclic) bond motifs is 1. The van der Waals surface area contributed by atoms with E-state index in [4.69, 9.17) is 4.98 Å². The summed E-state index contributed by atoms with van der Waals surface area (Å²) in [6.45, 7) is 6.14. The molecule has 2 aromatic heterocycles. The van der Waals surface area contributed by atoms with Gasteiger partial charge in [-0.1, -0.05) is 13.0 Å². The number of H-pyrrole nitrogens is 1. The number of amides is 1. The molecule has 5 rings (SSSR count). The van der Waals surface area contributed by atoms with Crippen LogP contribution < -0.4 is 5.56 Å². The molecule has 0 aromatic carbocycles. The summed E-state index contributed by atoms with van der Waals surface area (Å²) in [5.41, 5.74) is 1.76. The van der Waals surface area contributed by atoms with Gasteiger partial charge in [-0.25, -0.2) is 4.98 Å². The summed E-state index contributed by atoms with van der Waals surface area (Å²) in [5, 5.41) is 2.09. The van der Waals surface area contributed by atoms with Crippen LogP contribution in [-0.2, 0) is 24.3 Å². The molecule has 1 saturated heterocycles. The van der Waals surface area contributed by atoms with Crippen LogP contribution in [0.1, 0.15) is 54.1 Å². The smallest absolute Gasteiger partial charge is 0.255 e. The lowest BCUT2D eigenvalue weighted by Gasteiger charge is -2.33. The van der Waals surface area contributed by atoms with Gasteiger partial charge in [-0.2, -0.15) is 0 Å². The molecule has 2 aromatic rings. The maximum Gasteiger partial charge on any atom is 0.255 e. The number of nitrogens with one attached hydrogen (secondary N) is 1. The first kappa shape index (κ1) is 19.0. The van der Waals surface area contributed by atoms with Crippen LogP contribution in [0.5, 0.6) is 0 Å². The number of hydrogen-bond donors (Lipinski definition) is 1. The fraction of sp³-hybridized carbons (Fsp3) is 0.591. The van der Waals surface area contributed by atoms with Gasteiger partial charge in [0.05, 0.1) is 11.3 Å². The molecule has 0 radical (unpaired) electrons. The van der Waals surface area contributed by atoms with E-state index in [-0.39, 0.29) is 17.4 Å². The minimum absolute atomic E-state index is 0.000134. The highest BCUT2D eigenvalue weighted by atomic mass is 32.1. The van der Waals surface area contributed by atoms with Crippen molar-refractivity contribution in [1.82, 2.24) is 19.8 Å². The third-order valence-electron chi connectivity index (χ3n) is 6.67. The molecule has 1 saturated carbocycles. The van der Waals surface area contributed by atoms with Crippen molar-refractivity contribution in [2.45, 2.75) is 51.6 Å². The van der Waals surface area contributed by atoms with Gasteiger partial charge in [0.2, 0.25) is 5.91 Å². The van der Waals surface area contributed by atoms with E-state index in [2.05, 4.69) is 34.3 Å². The van der Waals surface area contributed by atoms with Crippen LogP contribution in [0.2, 0.25) is 0 Å². The summed E-state index contributed by atoms with van der Waals surface area (Å²) < 4.78 is 0. The molecule has 0 spiro atoms. The van der Waals surface area contributed by atoms with E-state index in [1.165, 1.54) is 4.88 Å². The Balaban J connectivity index is 1.30. The van der Waals surface area contributed by atoms with Crippen molar-refractivity contribution < 1.29 is 4.79 Å². The van der Waals surface area contributed by atoms with Gasteiger partial charge in [0.1, 0.15) is 5.82 Å². The molecule has 2 aliphatic heterocycles.